The molecule has 0 bridgehead atoms. The zero-order valence-corrected chi connectivity index (χ0v) is 20.0. The second-order valence-corrected chi connectivity index (χ2v) is 10.4. The molecular weight excluding hydrogens is 442 g/mol. The molecule has 2 aromatic rings. The van der Waals surface area contributed by atoms with Gasteiger partial charge in [0.15, 0.2) is 11.5 Å². The molecule has 4 atom stereocenters. The van der Waals surface area contributed by atoms with Crippen LogP contribution >= 0.6 is 0 Å². The van der Waals surface area contributed by atoms with Crippen LogP contribution in [0.25, 0.3) is 0 Å². The first-order valence-corrected chi connectivity index (χ1v) is 12.9. The van der Waals surface area contributed by atoms with E-state index in [0.717, 1.165) is 51.5 Å². The monoisotopic (exact) mass is 475 g/mol. The number of nitrogens with zero attached hydrogens (tertiary/aromatic N) is 1. The fourth-order valence-corrected chi connectivity index (χ4v) is 7.15. The summed E-state index contributed by atoms with van der Waals surface area (Å²) in [6, 6.07) is 15.9. The van der Waals surface area contributed by atoms with Crippen molar-refractivity contribution >= 4 is 17.6 Å². The van der Waals surface area contributed by atoms with Crippen LogP contribution in [0.2, 0.25) is 0 Å². The molecule has 0 radical (unpaired) electrons. The lowest BCUT2D eigenvalue weighted by Crippen LogP contribution is -2.61. The van der Waals surface area contributed by atoms with E-state index in [-0.39, 0.29) is 30.3 Å². The average molecular weight is 476 g/mol. The number of carbonyl (C=O) groups excluding carboxylic acids is 2. The summed E-state index contributed by atoms with van der Waals surface area (Å²) >= 11 is 0. The fraction of sp³-hybridized carbons (Fsp3) is 0.500. The lowest BCUT2D eigenvalue weighted by molar-refractivity contribution is -0.138. The predicted molar refractivity (Wildman–Crippen MR) is 132 cm³/mol. The van der Waals surface area contributed by atoms with Crippen molar-refractivity contribution in [3.63, 3.8) is 0 Å². The van der Waals surface area contributed by atoms with E-state index in [1.54, 1.807) is 6.07 Å². The second-order valence-electron chi connectivity index (χ2n) is 10.4. The molecule has 6 rings (SSSR count). The van der Waals surface area contributed by atoms with Crippen molar-refractivity contribution in [1.29, 1.82) is 0 Å². The molecule has 3 aliphatic heterocycles. The maximum atomic E-state index is 13.1. The Hall–Kier alpha value is -3.22. The largest absolute Gasteiger partial charge is 0.454 e. The number of fused-ring (bicyclic) bond motifs is 1. The zero-order chi connectivity index (χ0) is 23.8. The molecule has 2 N–H and O–H groups in total. The molecule has 2 saturated heterocycles. The summed E-state index contributed by atoms with van der Waals surface area (Å²) in [6.45, 7) is 1.09. The highest BCUT2D eigenvalue weighted by molar-refractivity contribution is 5.90. The van der Waals surface area contributed by atoms with Gasteiger partial charge in [-0.1, -0.05) is 30.3 Å². The molecule has 7 heteroatoms. The van der Waals surface area contributed by atoms with Crippen molar-refractivity contribution < 1.29 is 19.1 Å². The Morgan fingerprint density at radius 1 is 1.03 bits per heavy atom. The van der Waals surface area contributed by atoms with Gasteiger partial charge < -0.3 is 25.0 Å². The Morgan fingerprint density at radius 2 is 1.89 bits per heavy atom. The molecule has 1 unspecified atom stereocenters. The van der Waals surface area contributed by atoms with E-state index in [4.69, 9.17) is 9.47 Å². The van der Waals surface area contributed by atoms with Gasteiger partial charge in [0.05, 0.1) is 0 Å². The van der Waals surface area contributed by atoms with Crippen LogP contribution < -0.4 is 20.1 Å². The van der Waals surface area contributed by atoms with Gasteiger partial charge in [0.25, 0.3) is 0 Å². The van der Waals surface area contributed by atoms with Crippen molar-refractivity contribution in [1.82, 2.24) is 10.2 Å². The lowest BCUT2D eigenvalue weighted by atomic mass is 9.61. The van der Waals surface area contributed by atoms with Gasteiger partial charge in [-0.25, -0.2) is 4.79 Å². The number of urea groups is 1. The number of nitrogens with one attached hydrogen (secondary N) is 2. The predicted octanol–water partition coefficient (Wildman–Crippen LogP) is 4.72. The van der Waals surface area contributed by atoms with Crippen molar-refractivity contribution in [2.75, 3.05) is 18.7 Å². The lowest BCUT2D eigenvalue weighted by Gasteiger charge is -2.53. The van der Waals surface area contributed by atoms with E-state index in [9.17, 15) is 9.59 Å². The van der Waals surface area contributed by atoms with E-state index in [2.05, 4.69) is 39.8 Å². The SMILES string of the molecule is O=C(Nc1ccc2c(c1)OCO2)N[C@H]1CC[C@@]23CCCN2C(=O)CCC[C@H]3C1Cc1ccccc1. The van der Waals surface area contributed by atoms with Gasteiger partial charge in [0, 0.05) is 36.3 Å². The summed E-state index contributed by atoms with van der Waals surface area (Å²) in [5, 5.41) is 6.31. The minimum atomic E-state index is -0.198. The van der Waals surface area contributed by atoms with Crippen molar-refractivity contribution in [2.24, 2.45) is 11.8 Å². The number of ether oxygens (including phenoxy) is 2. The quantitative estimate of drug-likeness (QED) is 0.671. The molecule has 3 fully saturated rings. The van der Waals surface area contributed by atoms with Gasteiger partial charge >= 0.3 is 6.03 Å². The molecule has 3 amide bonds. The first kappa shape index (κ1) is 22.3. The van der Waals surface area contributed by atoms with Gasteiger partial charge in [-0.15, -0.1) is 0 Å². The van der Waals surface area contributed by atoms with Crippen LogP contribution in [-0.2, 0) is 11.2 Å². The number of hydrogen-bond acceptors (Lipinski definition) is 4. The molecule has 1 aliphatic carbocycles. The molecule has 7 nitrogen and oxygen atoms in total. The zero-order valence-electron chi connectivity index (χ0n) is 20.0. The van der Waals surface area contributed by atoms with E-state index >= 15 is 0 Å². The minimum Gasteiger partial charge on any atom is -0.454 e. The summed E-state index contributed by atoms with van der Waals surface area (Å²) < 4.78 is 10.8. The normalized spacial score (nSPS) is 29.2. The van der Waals surface area contributed by atoms with Gasteiger partial charge in [-0.3, -0.25) is 4.79 Å². The van der Waals surface area contributed by atoms with E-state index in [0.29, 0.717) is 35.4 Å². The Labute approximate surface area is 206 Å². The smallest absolute Gasteiger partial charge is 0.319 e. The first-order valence-electron chi connectivity index (χ1n) is 12.9. The van der Waals surface area contributed by atoms with Crippen LogP contribution in [-0.4, -0.2) is 41.8 Å². The van der Waals surface area contributed by atoms with Gasteiger partial charge in [-0.2, -0.15) is 0 Å². The van der Waals surface area contributed by atoms with Crippen LogP contribution in [0.1, 0.15) is 50.5 Å². The van der Waals surface area contributed by atoms with Gasteiger partial charge in [0.1, 0.15) is 0 Å². The summed E-state index contributed by atoms with van der Waals surface area (Å²) in [5.74, 6) is 2.34. The van der Waals surface area contributed by atoms with E-state index in [1.165, 1.54) is 5.56 Å². The van der Waals surface area contributed by atoms with Crippen LogP contribution in [0.15, 0.2) is 48.5 Å². The third kappa shape index (κ3) is 4.11. The molecule has 35 heavy (non-hydrogen) atoms. The van der Waals surface area contributed by atoms with E-state index < -0.39 is 0 Å². The van der Waals surface area contributed by atoms with Gasteiger partial charge in [-0.05, 0) is 74.5 Å². The number of carbonyl (C=O) groups is 2. The fourth-order valence-electron chi connectivity index (χ4n) is 7.15. The minimum absolute atomic E-state index is 0.0426. The maximum absolute atomic E-state index is 13.1. The molecule has 0 aromatic heterocycles. The molecule has 2 aromatic carbocycles. The van der Waals surface area contributed by atoms with Gasteiger partial charge in [0.2, 0.25) is 12.7 Å². The van der Waals surface area contributed by atoms with Crippen LogP contribution in [0.4, 0.5) is 10.5 Å². The van der Waals surface area contributed by atoms with Crippen LogP contribution in [0.5, 0.6) is 11.5 Å². The number of benzene rings is 2. The Balaban J connectivity index is 1.24. The first-order chi connectivity index (χ1) is 17.1. The van der Waals surface area contributed by atoms with Crippen molar-refractivity contribution in [3.05, 3.63) is 54.1 Å². The molecule has 4 aliphatic rings. The standard InChI is InChI=1S/C28H33N3O4/c32-26-9-4-8-22-21(16-19-6-2-1-3-7-19)23(12-14-28(22)13-5-15-31(26)28)30-27(33)29-20-10-11-24-25(17-20)35-18-34-24/h1-3,6-7,10-11,17,21-23H,4-5,8-9,12-16,18H2,(H2,29,30,33)/t21?,22-,23-,28+/m0/s1. The van der Waals surface area contributed by atoms with Crippen LogP contribution in [0, 0.1) is 11.8 Å². The highest BCUT2D eigenvalue weighted by Crippen LogP contribution is 2.52. The highest BCUT2D eigenvalue weighted by Gasteiger charge is 2.56. The number of hydrogen-bond donors (Lipinski definition) is 2. The molecule has 184 valence electrons. The molecular formula is C28H33N3O4. The molecule has 1 spiro atoms. The molecule has 1 saturated carbocycles. The number of amides is 3. The summed E-state index contributed by atoms with van der Waals surface area (Å²) in [6.07, 6.45) is 7.55. The van der Waals surface area contributed by atoms with Crippen molar-refractivity contribution in [3.8, 4) is 11.5 Å². The summed E-state index contributed by atoms with van der Waals surface area (Å²) in [5.41, 5.74) is 1.93. The summed E-state index contributed by atoms with van der Waals surface area (Å²) in [4.78, 5) is 28.3. The average Bonchev–Trinajstić information content (AvgIpc) is 3.47. The second kappa shape index (κ2) is 9.10. The highest BCUT2D eigenvalue weighted by atomic mass is 16.7. The molecule has 3 heterocycles. The Morgan fingerprint density at radius 3 is 2.77 bits per heavy atom. The Bertz CT molecular complexity index is 1110. The topological polar surface area (TPSA) is 79.9 Å². The third-order valence-electron chi connectivity index (χ3n) is 8.61. The summed E-state index contributed by atoms with van der Waals surface area (Å²) in [7, 11) is 0. The van der Waals surface area contributed by atoms with Crippen molar-refractivity contribution in [2.45, 2.75) is 62.9 Å². The maximum Gasteiger partial charge on any atom is 0.319 e. The Kier molecular flexibility index (Phi) is 5.78. The number of anilines is 1. The third-order valence-corrected chi connectivity index (χ3v) is 8.61. The van der Waals surface area contributed by atoms with E-state index in [1.807, 2.05) is 18.2 Å². The number of rotatable bonds is 4. The van der Waals surface area contributed by atoms with Crippen LogP contribution in [0.3, 0.4) is 0 Å².